The lowest BCUT2D eigenvalue weighted by atomic mass is 10.1. The van der Waals surface area contributed by atoms with E-state index in [0.717, 1.165) is 24.0 Å². The van der Waals surface area contributed by atoms with E-state index in [1.165, 1.54) is 22.7 Å². The molecule has 2 saturated heterocycles. The molecule has 2 fully saturated rings. The average Bonchev–Trinajstić information content (AvgIpc) is 3.95. The van der Waals surface area contributed by atoms with Gasteiger partial charge < -0.3 is 24.9 Å². The minimum atomic E-state index is -0.572. The molecule has 250 valence electrons. The topological polar surface area (TPSA) is 125 Å². The Morgan fingerprint density at radius 2 is 1.16 bits per heavy atom. The number of benzene rings is 2. The van der Waals surface area contributed by atoms with Gasteiger partial charge in [-0.1, -0.05) is 23.2 Å². The molecule has 10 nitrogen and oxygen atoms in total. The lowest BCUT2D eigenvalue weighted by Gasteiger charge is -2.23. The number of carbonyl (C=O) groups is 4. The van der Waals surface area contributed by atoms with Gasteiger partial charge in [0.25, 0.3) is 11.8 Å². The largest absolute Gasteiger partial charge is 0.436 e. The fraction of sp³-hybridized carbons (Fsp3) is 0.229. The number of rotatable bonds is 8. The molecule has 0 radical (unpaired) electrons. The molecule has 5 aromatic rings. The van der Waals surface area contributed by atoms with Gasteiger partial charge in [0, 0.05) is 35.6 Å². The molecule has 5 heterocycles. The summed E-state index contributed by atoms with van der Waals surface area (Å²) in [6, 6.07) is 16.6. The molecule has 2 aromatic carbocycles. The van der Waals surface area contributed by atoms with E-state index >= 15 is 0 Å². The quantitative estimate of drug-likeness (QED) is 0.167. The van der Waals surface area contributed by atoms with Crippen LogP contribution in [-0.2, 0) is 9.59 Å². The van der Waals surface area contributed by atoms with Crippen molar-refractivity contribution < 1.29 is 23.6 Å². The molecule has 2 aliphatic heterocycles. The summed E-state index contributed by atoms with van der Waals surface area (Å²) in [7, 11) is 0. The predicted molar refractivity (Wildman–Crippen MR) is 191 cm³/mol. The number of nitrogens with one attached hydrogen (secondary N) is 2. The van der Waals surface area contributed by atoms with Crippen LogP contribution in [0.15, 0.2) is 82.0 Å². The highest BCUT2D eigenvalue weighted by Gasteiger charge is 2.37. The molecular weight excluding hydrogens is 705 g/mol. The van der Waals surface area contributed by atoms with Crippen molar-refractivity contribution in [3.05, 3.63) is 97.4 Å². The van der Waals surface area contributed by atoms with Crippen LogP contribution in [0.4, 0.5) is 11.4 Å². The van der Waals surface area contributed by atoms with E-state index in [1.54, 1.807) is 75.3 Å². The van der Waals surface area contributed by atoms with Crippen molar-refractivity contribution in [3.63, 3.8) is 0 Å². The first kappa shape index (κ1) is 33.0. The Bertz CT molecular complexity index is 1880. The van der Waals surface area contributed by atoms with Crippen LogP contribution >= 0.6 is 45.9 Å². The Kier molecular flexibility index (Phi) is 9.55. The van der Waals surface area contributed by atoms with Crippen molar-refractivity contribution in [2.75, 3.05) is 23.7 Å². The number of carbonyl (C=O) groups excluding carboxylic acids is 4. The number of aromatic nitrogens is 1. The van der Waals surface area contributed by atoms with Gasteiger partial charge in [-0.25, -0.2) is 4.98 Å². The summed E-state index contributed by atoms with van der Waals surface area (Å²) in [5.74, 6) is 0.00626. The second-order valence-corrected chi connectivity index (χ2v) is 14.3. The van der Waals surface area contributed by atoms with Crippen LogP contribution in [0.3, 0.4) is 0 Å². The summed E-state index contributed by atoms with van der Waals surface area (Å²) in [4.78, 5) is 60.8. The lowest BCUT2D eigenvalue weighted by molar-refractivity contribution is -0.120. The third-order valence-corrected chi connectivity index (χ3v) is 11.3. The van der Waals surface area contributed by atoms with Crippen LogP contribution in [-0.4, -0.2) is 63.6 Å². The molecule has 2 aliphatic rings. The SMILES string of the molecule is O=C(Nc1ccc(-c2cnc(-c3ccc(NC(=O)C4CCCN4C(=O)c4sccc4Cl)cc3)o2)cc1)C1CCCN1C(=O)c1sccc1Cl. The summed E-state index contributed by atoms with van der Waals surface area (Å²) < 4.78 is 6.04. The number of nitrogens with zero attached hydrogens (tertiary/aromatic N) is 3. The number of thiophene rings is 2. The Morgan fingerprint density at radius 1 is 0.694 bits per heavy atom. The number of oxazole rings is 1. The first-order valence-electron chi connectivity index (χ1n) is 15.6. The number of hydrogen-bond acceptors (Lipinski definition) is 8. The minimum Gasteiger partial charge on any atom is -0.436 e. The molecule has 14 heteroatoms. The second-order valence-electron chi connectivity index (χ2n) is 11.7. The zero-order valence-corrected chi connectivity index (χ0v) is 29.0. The van der Waals surface area contributed by atoms with Crippen molar-refractivity contribution in [3.8, 4) is 22.8 Å². The molecule has 3 aromatic heterocycles. The maximum Gasteiger partial charge on any atom is 0.266 e. The summed E-state index contributed by atoms with van der Waals surface area (Å²) in [6.07, 6.45) is 4.27. The van der Waals surface area contributed by atoms with E-state index in [-0.39, 0.29) is 23.6 Å². The van der Waals surface area contributed by atoms with E-state index in [9.17, 15) is 19.2 Å². The first-order chi connectivity index (χ1) is 23.8. The van der Waals surface area contributed by atoms with Gasteiger partial charge in [-0.15, -0.1) is 22.7 Å². The van der Waals surface area contributed by atoms with E-state index in [2.05, 4.69) is 15.6 Å². The lowest BCUT2D eigenvalue weighted by Crippen LogP contribution is -2.43. The summed E-state index contributed by atoms with van der Waals surface area (Å²) in [6.45, 7) is 1.00. The normalized spacial score (nSPS) is 17.3. The summed E-state index contributed by atoms with van der Waals surface area (Å²) in [5.41, 5.74) is 2.68. The molecule has 2 atom stereocenters. The van der Waals surface area contributed by atoms with Gasteiger partial charge in [0.1, 0.15) is 21.8 Å². The Morgan fingerprint density at radius 3 is 1.61 bits per heavy atom. The zero-order valence-electron chi connectivity index (χ0n) is 25.9. The monoisotopic (exact) mass is 733 g/mol. The molecule has 2 unspecified atom stereocenters. The fourth-order valence-electron chi connectivity index (χ4n) is 6.12. The van der Waals surface area contributed by atoms with Gasteiger partial charge in [0.15, 0.2) is 5.76 Å². The van der Waals surface area contributed by atoms with Crippen LogP contribution in [0.5, 0.6) is 0 Å². The molecule has 0 saturated carbocycles. The second kappa shape index (κ2) is 14.2. The molecule has 2 N–H and O–H groups in total. The maximum atomic E-state index is 13.1. The van der Waals surface area contributed by atoms with Gasteiger partial charge in [0.05, 0.1) is 16.2 Å². The molecule has 4 amide bonds. The van der Waals surface area contributed by atoms with Gasteiger partial charge in [-0.2, -0.15) is 0 Å². The molecule has 0 bridgehead atoms. The number of halogens is 2. The van der Waals surface area contributed by atoms with Crippen LogP contribution in [0.1, 0.15) is 45.0 Å². The van der Waals surface area contributed by atoms with Crippen LogP contribution in [0, 0.1) is 0 Å². The Labute approximate surface area is 299 Å². The number of hydrogen-bond donors (Lipinski definition) is 2. The van der Waals surface area contributed by atoms with Crippen molar-refractivity contribution in [1.82, 2.24) is 14.8 Å². The molecular formula is C35H29Cl2N5O5S2. The summed E-state index contributed by atoms with van der Waals surface area (Å²) >= 11 is 14.9. The molecule has 7 rings (SSSR count). The highest BCUT2D eigenvalue weighted by Crippen LogP contribution is 2.31. The Balaban J connectivity index is 0.955. The van der Waals surface area contributed by atoms with Gasteiger partial charge >= 0.3 is 0 Å². The minimum absolute atomic E-state index is 0.224. The van der Waals surface area contributed by atoms with Gasteiger partial charge in [0.2, 0.25) is 17.7 Å². The summed E-state index contributed by atoms with van der Waals surface area (Å²) in [5, 5.41) is 10.2. The van der Waals surface area contributed by atoms with Crippen LogP contribution in [0.2, 0.25) is 10.0 Å². The Hall–Kier alpha value is -4.49. The van der Waals surface area contributed by atoms with Crippen molar-refractivity contribution in [1.29, 1.82) is 0 Å². The highest BCUT2D eigenvalue weighted by atomic mass is 35.5. The van der Waals surface area contributed by atoms with Crippen molar-refractivity contribution in [2.45, 2.75) is 37.8 Å². The highest BCUT2D eigenvalue weighted by molar-refractivity contribution is 7.13. The van der Waals surface area contributed by atoms with Gasteiger partial charge in [-0.3, -0.25) is 19.2 Å². The molecule has 0 aliphatic carbocycles. The van der Waals surface area contributed by atoms with Crippen LogP contribution < -0.4 is 10.6 Å². The number of amides is 4. The van der Waals surface area contributed by atoms with Crippen LogP contribution in [0.25, 0.3) is 22.8 Å². The van der Waals surface area contributed by atoms with E-state index in [4.69, 9.17) is 27.6 Å². The smallest absolute Gasteiger partial charge is 0.266 e. The van der Waals surface area contributed by atoms with E-state index in [1.807, 2.05) is 12.1 Å². The van der Waals surface area contributed by atoms with Crippen molar-refractivity contribution in [2.24, 2.45) is 0 Å². The van der Waals surface area contributed by atoms with Crippen molar-refractivity contribution >= 4 is 80.9 Å². The first-order valence-corrected chi connectivity index (χ1v) is 18.1. The fourth-order valence-corrected chi connectivity index (χ4v) is 8.31. The molecule has 49 heavy (non-hydrogen) atoms. The number of anilines is 2. The zero-order chi connectivity index (χ0) is 34.1. The van der Waals surface area contributed by atoms with Gasteiger partial charge in [-0.05, 0) is 97.1 Å². The predicted octanol–water partition coefficient (Wildman–Crippen LogP) is 7.93. The van der Waals surface area contributed by atoms with E-state index < -0.39 is 12.1 Å². The van der Waals surface area contributed by atoms with E-state index in [0.29, 0.717) is 68.8 Å². The third kappa shape index (κ3) is 6.86. The number of likely N-dealkylation sites (tertiary alicyclic amines) is 2. The third-order valence-electron chi connectivity index (χ3n) is 8.60. The maximum absolute atomic E-state index is 13.1. The molecule has 0 spiro atoms. The standard InChI is InChI=1S/C35H29Cl2N5O5S2/c36-24-13-17-48-29(24)34(45)41-15-1-3-26(41)31(43)39-22-9-5-20(6-10-22)28-19-38-33(47-28)21-7-11-23(12-8-21)40-32(44)27-4-2-16-42(27)35(46)30-25(37)14-18-49-30/h5-14,17-19,26-27H,1-4,15-16H2,(H,39,43)(H,40,44). The average molecular weight is 735 g/mol.